The van der Waals surface area contributed by atoms with Crippen LogP contribution in [0.3, 0.4) is 0 Å². The first kappa shape index (κ1) is 30.2. The molecule has 1 heterocycles. The maximum absolute atomic E-state index is 13.1. The van der Waals surface area contributed by atoms with E-state index >= 15 is 0 Å². The van der Waals surface area contributed by atoms with E-state index in [1.807, 2.05) is 36.4 Å². The third-order valence-corrected chi connectivity index (χ3v) is 7.61. The molecule has 11 heteroatoms. The summed E-state index contributed by atoms with van der Waals surface area (Å²) in [6.07, 6.45) is 0.730. The quantitative estimate of drug-likeness (QED) is 0.269. The van der Waals surface area contributed by atoms with Crippen molar-refractivity contribution in [1.29, 1.82) is 0 Å². The first-order valence-electron chi connectivity index (χ1n) is 14.2. The lowest BCUT2D eigenvalue weighted by Gasteiger charge is -2.21. The number of fused-ring (bicyclic) bond motifs is 3. The van der Waals surface area contributed by atoms with Crippen molar-refractivity contribution in [1.82, 2.24) is 19.4 Å². The minimum atomic E-state index is -1.08. The van der Waals surface area contributed by atoms with E-state index in [9.17, 15) is 29.1 Å². The van der Waals surface area contributed by atoms with Gasteiger partial charge in [-0.25, -0.2) is 9.59 Å². The number of aromatic nitrogens is 2. The van der Waals surface area contributed by atoms with Crippen LogP contribution in [0.2, 0.25) is 0 Å². The predicted octanol–water partition coefficient (Wildman–Crippen LogP) is 2.93. The summed E-state index contributed by atoms with van der Waals surface area (Å²) >= 11 is 0. The highest BCUT2D eigenvalue weighted by atomic mass is 16.5. The van der Waals surface area contributed by atoms with Crippen molar-refractivity contribution in [3.8, 4) is 11.1 Å². The molecular weight excluding hydrogens is 564 g/mol. The number of aryl methyl sites for hydroxylation is 1. The van der Waals surface area contributed by atoms with E-state index in [-0.39, 0.29) is 56.4 Å². The van der Waals surface area contributed by atoms with Gasteiger partial charge in [-0.05, 0) is 41.3 Å². The monoisotopic (exact) mass is 596 g/mol. The molecule has 0 spiro atoms. The molecule has 0 fully saturated rings. The maximum Gasteiger partial charge on any atom is 0.407 e. The topological polar surface area (TPSA) is 140 Å². The Morgan fingerprint density at radius 1 is 0.886 bits per heavy atom. The summed E-state index contributed by atoms with van der Waals surface area (Å²) < 4.78 is 7.35. The Labute approximate surface area is 252 Å². The lowest BCUT2D eigenvalue weighted by Crippen LogP contribution is -2.46. The number of hydrogen-bond donors (Lipinski definition) is 2. The summed E-state index contributed by atoms with van der Waals surface area (Å²) in [5, 5.41) is 12.1. The van der Waals surface area contributed by atoms with Gasteiger partial charge >= 0.3 is 17.8 Å². The average Bonchev–Trinajstić information content (AvgIpc) is 3.34. The van der Waals surface area contributed by atoms with Crippen LogP contribution in [0.15, 0.2) is 94.6 Å². The number of carboxylic acid groups (broad SMARTS) is 1. The predicted molar refractivity (Wildman–Crippen MR) is 163 cm³/mol. The first-order valence-corrected chi connectivity index (χ1v) is 14.2. The summed E-state index contributed by atoms with van der Waals surface area (Å²) in [5.74, 6) is -1.91. The van der Waals surface area contributed by atoms with Gasteiger partial charge in [0, 0.05) is 49.4 Å². The van der Waals surface area contributed by atoms with Gasteiger partial charge in [-0.1, -0.05) is 66.7 Å². The number of nitrogens with zero attached hydrogens (tertiary/aromatic N) is 3. The lowest BCUT2D eigenvalue weighted by atomic mass is 9.98. The van der Waals surface area contributed by atoms with Crippen LogP contribution in [0.5, 0.6) is 0 Å². The van der Waals surface area contributed by atoms with Gasteiger partial charge in [0.15, 0.2) is 0 Å². The molecule has 3 aromatic carbocycles. The van der Waals surface area contributed by atoms with Crippen molar-refractivity contribution >= 4 is 18.0 Å². The Morgan fingerprint density at radius 2 is 1.50 bits per heavy atom. The van der Waals surface area contributed by atoms with Crippen molar-refractivity contribution in [2.45, 2.75) is 19.4 Å². The number of hydrogen-bond acceptors (Lipinski definition) is 7. The minimum absolute atomic E-state index is 0.0141. The molecule has 0 saturated heterocycles. The van der Waals surface area contributed by atoms with E-state index in [2.05, 4.69) is 17.4 Å². The molecule has 1 aromatic heterocycles. The average molecular weight is 597 g/mol. The van der Waals surface area contributed by atoms with Gasteiger partial charge < -0.3 is 15.2 Å². The van der Waals surface area contributed by atoms with Crippen LogP contribution < -0.4 is 16.6 Å². The number of alkyl carbamates (subject to hydrolysis) is 1. The molecule has 5 rings (SSSR count). The van der Waals surface area contributed by atoms with Gasteiger partial charge in [0.05, 0.1) is 6.54 Å². The molecule has 0 bridgehead atoms. The largest absolute Gasteiger partial charge is 0.480 e. The molecule has 0 saturated carbocycles. The van der Waals surface area contributed by atoms with E-state index in [1.165, 1.54) is 29.8 Å². The fourth-order valence-electron chi connectivity index (χ4n) is 5.46. The molecule has 0 aliphatic heterocycles. The molecule has 11 nitrogen and oxygen atoms in total. The second kappa shape index (κ2) is 13.3. The standard InChI is InChI=1S/C33H32N4O7/c1-22-19-36(33(43)37(30(22)40)31(41)23-9-3-2-4-10-23)18-17-35(20-29(38)39)16-15-34-32(42)44-21-28-26-13-7-5-11-24(26)25-12-6-8-14-27(25)28/h2-14,19,28H,15-18,20-21H2,1H3,(H,34,42)(H,38,39). The third-order valence-electron chi connectivity index (χ3n) is 7.61. The van der Waals surface area contributed by atoms with E-state index in [1.54, 1.807) is 23.1 Å². The van der Waals surface area contributed by atoms with Gasteiger partial charge in [0.1, 0.15) is 6.61 Å². The normalized spacial score (nSPS) is 12.0. The van der Waals surface area contributed by atoms with Gasteiger partial charge in [-0.3, -0.25) is 23.9 Å². The van der Waals surface area contributed by atoms with E-state index in [0.29, 0.717) is 4.57 Å². The SMILES string of the molecule is Cc1cn(CCN(CCNC(=O)OCC2c3ccccc3-c3ccccc32)CC(=O)O)c(=O)n(C(=O)c2ccccc2)c1=O. The van der Waals surface area contributed by atoms with Gasteiger partial charge in [-0.15, -0.1) is 0 Å². The van der Waals surface area contributed by atoms with E-state index < -0.39 is 29.2 Å². The molecule has 0 radical (unpaired) electrons. The second-order valence-electron chi connectivity index (χ2n) is 10.5. The van der Waals surface area contributed by atoms with Crippen molar-refractivity contribution < 1.29 is 24.2 Å². The van der Waals surface area contributed by atoms with Crippen LogP contribution >= 0.6 is 0 Å². The number of rotatable bonds is 11. The Hall–Kier alpha value is -5.29. The van der Waals surface area contributed by atoms with Gasteiger partial charge in [-0.2, -0.15) is 4.57 Å². The Kier molecular flexibility index (Phi) is 9.15. The minimum Gasteiger partial charge on any atom is -0.480 e. The van der Waals surface area contributed by atoms with Crippen molar-refractivity contribution in [2.75, 3.05) is 32.8 Å². The zero-order valence-electron chi connectivity index (χ0n) is 24.1. The fraction of sp³-hybridized carbons (Fsp3) is 0.242. The number of carbonyl (C=O) groups excluding carboxylic acids is 2. The third kappa shape index (κ3) is 6.52. The lowest BCUT2D eigenvalue weighted by molar-refractivity contribution is -0.138. The summed E-state index contributed by atoms with van der Waals surface area (Å²) in [4.78, 5) is 64.4. The van der Waals surface area contributed by atoms with Gasteiger partial charge in [0.2, 0.25) is 0 Å². The van der Waals surface area contributed by atoms with E-state index in [0.717, 1.165) is 22.3 Å². The number of aliphatic carboxylic acids is 1. The number of ether oxygens (including phenoxy) is 1. The molecular formula is C33H32N4O7. The molecule has 4 aromatic rings. The molecule has 1 amide bonds. The first-order chi connectivity index (χ1) is 21.2. The zero-order chi connectivity index (χ0) is 31.2. The maximum atomic E-state index is 13.1. The molecule has 1 aliphatic carbocycles. The summed E-state index contributed by atoms with van der Waals surface area (Å²) in [5.41, 5.74) is 3.28. The Morgan fingerprint density at radius 3 is 2.14 bits per heavy atom. The van der Waals surface area contributed by atoms with E-state index in [4.69, 9.17) is 4.74 Å². The molecule has 44 heavy (non-hydrogen) atoms. The Balaban J connectivity index is 1.19. The highest BCUT2D eigenvalue weighted by Gasteiger charge is 2.29. The Bertz CT molecular complexity index is 1770. The van der Waals surface area contributed by atoms with Gasteiger partial charge in [0.25, 0.3) is 11.5 Å². The van der Waals surface area contributed by atoms with Crippen LogP contribution in [0.1, 0.15) is 33.0 Å². The fourth-order valence-corrected chi connectivity index (χ4v) is 5.46. The molecule has 2 N–H and O–H groups in total. The number of benzene rings is 3. The smallest absolute Gasteiger partial charge is 0.407 e. The summed E-state index contributed by atoms with van der Waals surface area (Å²) in [6.45, 7) is 1.69. The van der Waals surface area contributed by atoms with Crippen LogP contribution in [-0.2, 0) is 16.1 Å². The van der Waals surface area contributed by atoms with Crippen molar-refractivity contribution in [3.05, 3.63) is 128 Å². The summed E-state index contributed by atoms with van der Waals surface area (Å²) in [6, 6.07) is 24.0. The number of carboxylic acids is 1. The number of nitrogens with one attached hydrogen (secondary N) is 1. The molecule has 0 unspecified atom stereocenters. The van der Waals surface area contributed by atoms with Crippen molar-refractivity contribution in [3.63, 3.8) is 0 Å². The second-order valence-corrected chi connectivity index (χ2v) is 10.5. The highest BCUT2D eigenvalue weighted by molar-refractivity contribution is 5.95. The van der Waals surface area contributed by atoms with Crippen LogP contribution in [0.4, 0.5) is 4.79 Å². The summed E-state index contributed by atoms with van der Waals surface area (Å²) in [7, 11) is 0. The molecule has 1 aliphatic rings. The highest BCUT2D eigenvalue weighted by Crippen LogP contribution is 2.44. The van der Waals surface area contributed by atoms with Crippen molar-refractivity contribution in [2.24, 2.45) is 0 Å². The van der Waals surface area contributed by atoms with Crippen LogP contribution in [-0.4, -0.2) is 69.9 Å². The number of carbonyl (C=O) groups is 3. The molecule has 0 atom stereocenters. The zero-order valence-corrected chi connectivity index (χ0v) is 24.1. The molecule has 226 valence electrons. The van der Waals surface area contributed by atoms with Crippen LogP contribution in [0, 0.1) is 6.92 Å². The number of amides is 1. The van der Waals surface area contributed by atoms with Crippen LogP contribution in [0.25, 0.3) is 11.1 Å².